The predicted octanol–water partition coefficient (Wildman–Crippen LogP) is 1.97. The van der Waals surface area contributed by atoms with Gasteiger partial charge < -0.3 is 21.5 Å². The third-order valence-electron chi connectivity index (χ3n) is 5.15. The lowest BCUT2D eigenvalue weighted by Gasteiger charge is -2.36. The number of halogens is 1. The Balaban J connectivity index is 1.73. The number of nitrogens with two attached hydrogens (primary N) is 2. The molecule has 0 spiro atoms. The number of aliphatic imine (C=N–C) groups is 1. The summed E-state index contributed by atoms with van der Waals surface area (Å²) in [6.45, 7) is 4.56. The van der Waals surface area contributed by atoms with Crippen LogP contribution in [0.3, 0.4) is 0 Å². The summed E-state index contributed by atoms with van der Waals surface area (Å²) in [5.74, 6) is 0.117. The number of fused-ring (bicyclic) bond motifs is 1. The molecule has 1 aliphatic rings. The second-order valence-electron chi connectivity index (χ2n) is 7.17. The van der Waals surface area contributed by atoms with E-state index in [9.17, 15) is 0 Å². The van der Waals surface area contributed by atoms with Gasteiger partial charge in [0.25, 0.3) is 5.95 Å². The number of guanidine groups is 1. The molecule has 9 heteroatoms. The van der Waals surface area contributed by atoms with Crippen LogP contribution in [-0.2, 0) is 0 Å². The molecule has 2 aromatic carbocycles. The van der Waals surface area contributed by atoms with Gasteiger partial charge in [0.2, 0.25) is 0 Å². The van der Waals surface area contributed by atoms with E-state index in [1.165, 1.54) is 0 Å². The third-order valence-corrected chi connectivity index (χ3v) is 5.38. The van der Waals surface area contributed by atoms with Crippen LogP contribution in [0.25, 0.3) is 22.2 Å². The number of piperazine rings is 1. The number of hydrogen-bond donors (Lipinski definition) is 3. The fraction of sp³-hybridized carbons (Fsp3) is 0.286. The Morgan fingerprint density at radius 2 is 1.87 bits per heavy atom. The van der Waals surface area contributed by atoms with Crippen molar-refractivity contribution < 1.29 is 5.11 Å². The lowest BCUT2D eigenvalue weighted by molar-refractivity contribution is 0.189. The molecule has 0 aliphatic carbocycles. The zero-order chi connectivity index (χ0) is 21.1. The molecule has 4 rings (SSSR count). The normalized spacial score (nSPS) is 14.8. The highest BCUT2D eigenvalue weighted by atomic mass is 35.5. The fourth-order valence-corrected chi connectivity index (χ4v) is 3.87. The van der Waals surface area contributed by atoms with Gasteiger partial charge in [-0.05, 0) is 30.3 Å². The number of anilines is 1. The first kappa shape index (κ1) is 20.3. The first-order chi connectivity index (χ1) is 14.5. The Kier molecular flexibility index (Phi) is 5.98. The molecule has 5 N–H and O–H groups in total. The average Bonchev–Trinajstić information content (AvgIpc) is 2.74. The van der Waals surface area contributed by atoms with Crippen LogP contribution >= 0.6 is 11.6 Å². The summed E-state index contributed by atoms with van der Waals surface area (Å²) < 4.78 is 0. The summed E-state index contributed by atoms with van der Waals surface area (Å²) in [5.41, 5.74) is 14.6. The second kappa shape index (κ2) is 8.83. The highest BCUT2D eigenvalue weighted by molar-refractivity contribution is 6.31. The van der Waals surface area contributed by atoms with Crippen molar-refractivity contribution in [3.63, 3.8) is 0 Å². The van der Waals surface area contributed by atoms with Gasteiger partial charge in [0, 0.05) is 54.4 Å². The van der Waals surface area contributed by atoms with Gasteiger partial charge in [-0.3, -0.25) is 4.90 Å². The number of aliphatic hydroxyl groups is 1. The summed E-state index contributed by atoms with van der Waals surface area (Å²) in [5, 5.41) is 10.6. The lowest BCUT2D eigenvalue weighted by Crippen LogP contribution is -2.47. The highest BCUT2D eigenvalue weighted by Gasteiger charge is 2.18. The molecule has 156 valence electrons. The van der Waals surface area contributed by atoms with E-state index in [4.69, 9.17) is 28.2 Å². The van der Waals surface area contributed by atoms with Gasteiger partial charge in [-0.25, -0.2) is 9.97 Å². The van der Waals surface area contributed by atoms with Crippen LogP contribution in [0, 0.1) is 0 Å². The molecule has 3 aromatic rings. The zero-order valence-electron chi connectivity index (χ0n) is 16.5. The van der Waals surface area contributed by atoms with Crippen molar-refractivity contribution in [3.8, 4) is 11.3 Å². The maximum atomic E-state index is 9.15. The molecule has 0 bridgehead atoms. The van der Waals surface area contributed by atoms with Crippen molar-refractivity contribution >= 4 is 40.1 Å². The molecule has 1 aromatic heterocycles. The van der Waals surface area contributed by atoms with Crippen molar-refractivity contribution in [1.29, 1.82) is 0 Å². The predicted molar refractivity (Wildman–Crippen MR) is 121 cm³/mol. The maximum absolute atomic E-state index is 9.15. The number of aromatic nitrogens is 2. The molecule has 0 amide bonds. The lowest BCUT2D eigenvalue weighted by atomic mass is 10.1. The monoisotopic (exact) mass is 425 g/mol. The minimum Gasteiger partial charge on any atom is -0.395 e. The van der Waals surface area contributed by atoms with E-state index in [1.54, 1.807) is 6.07 Å². The summed E-state index contributed by atoms with van der Waals surface area (Å²) in [6, 6.07) is 13.7. The smallest absolute Gasteiger partial charge is 0.253 e. The number of β-amino-alcohol motifs (C(OH)–C–C–N with tert-alkyl or cyclic N) is 1. The summed E-state index contributed by atoms with van der Waals surface area (Å²) >= 11 is 6.24. The van der Waals surface area contributed by atoms with Gasteiger partial charge in [-0.1, -0.05) is 23.7 Å². The van der Waals surface area contributed by atoms with E-state index in [0.717, 1.165) is 55.1 Å². The zero-order valence-corrected chi connectivity index (χ0v) is 17.3. The van der Waals surface area contributed by atoms with E-state index < -0.39 is 0 Å². The van der Waals surface area contributed by atoms with Crippen molar-refractivity contribution in [2.75, 3.05) is 44.2 Å². The van der Waals surface area contributed by atoms with Crippen LogP contribution in [0.4, 0.5) is 11.6 Å². The largest absolute Gasteiger partial charge is 0.395 e. The molecule has 1 fully saturated rings. The van der Waals surface area contributed by atoms with Crippen LogP contribution in [-0.4, -0.2) is 65.3 Å². The van der Waals surface area contributed by atoms with E-state index >= 15 is 0 Å². The van der Waals surface area contributed by atoms with Gasteiger partial charge in [0.1, 0.15) is 0 Å². The van der Waals surface area contributed by atoms with Gasteiger partial charge in [0.05, 0.1) is 17.8 Å². The van der Waals surface area contributed by atoms with Gasteiger partial charge >= 0.3 is 0 Å². The number of aliphatic hydroxyl groups excluding tert-OH is 1. The summed E-state index contributed by atoms with van der Waals surface area (Å²) in [4.78, 5) is 17.7. The van der Waals surface area contributed by atoms with Gasteiger partial charge in [-0.15, -0.1) is 0 Å². The molecule has 1 aliphatic heterocycles. The highest BCUT2D eigenvalue weighted by Crippen LogP contribution is 2.32. The summed E-state index contributed by atoms with van der Waals surface area (Å²) in [6.07, 6.45) is 0. The molecule has 1 saturated heterocycles. The van der Waals surface area contributed by atoms with Gasteiger partial charge in [0.15, 0.2) is 5.96 Å². The van der Waals surface area contributed by atoms with E-state index in [0.29, 0.717) is 10.5 Å². The molecular weight excluding hydrogens is 402 g/mol. The quantitative estimate of drug-likeness (QED) is 0.422. The fourth-order valence-electron chi connectivity index (χ4n) is 3.69. The molecular formula is C21H24ClN7O. The van der Waals surface area contributed by atoms with Gasteiger partial charge in [-0.2, -0.15) is 4.99 Å². The molecule has 8 nitrogen and oxygen atoms in total. The Morgan fingerprint density at radius 3 is 2.60 bits per heavy atom. The third kappa shape index (κ3) is 4.46. The molecule has 0 saturated carbocycles. The van der Waals surface area contributed by atoms with Crippen molar-refractivity contribution in [3.05, 3.63) is 47.5 Å². The molecule has 0 atom stereocenters. The van der Waals surface area contributed by atoms with Crippen LogP contribution in [0.1, 0.15) is 0 Å². The Bertz CT molecular complexity index is 1080. The van der Waals surface area contributed by atoms with Crippen molar-refractivity contribution in [1.82, 2.24) is 14.9 Å². The first-order valence-corrected chi connectivity index (χ1v) is 10.2. The SMILES string of the molecule is NC(N)=Nc1nc(-c2cccc(N3CCN(CCO)CC3)c2)c2cc(Cl)ccc2n1. The maximum Gasteiger partial charge on any atom is 0.253 e. The van der Waals surface area contributed by atoms with Crippen LogP contribution in [0.5, 0.6) is 0 Å². The van der Waals surface area contributed by atoms with E-state index in [-0.39, 0.29) is 18.5 Å². The minimum absolute atomic E-state index is 0.0937. The number of hydrogen-bond acceptors (Lipinski definition) is 6. The summed E-state index contributed by atoms with van der Waals surface area (Å²) in [7, 11) is 0. The van der Waals surface area contributed by atoms with E-state index in [1.807, 2.05) is 24.3 Å². The van der Waals surface area contributed by atoms with Crippen LogP contribution < -0.4 is 16.4 Å². The Hall–Kier alpha value is -2.94. The molecule has 0 unspecified atom stereocenters. The standard InChI is InChI=1S/C21H24ClN7O/c22-15-4-5-18-17(13-15)19(26-21(25-18)27-20(23)24)14-2-1-3-16(12-14)29-8-6-28(7-9-29)10-11-30/h1-5,12-13,30H,6-11H2,(H4,23,24,25,26,27). The van der Waals surface area contributed by atoms with Crippen molar-refractivity contribution in [2.24, 2.45) is 16.5 Å². The Morgan fingerprint density at radius 1 is 1.07 bits per heavy atom. The number of nitrogens with zero attached hydrogens (tertiary/aromatic N) is 5. The van der Waals surface area contributed by atoms with Crippen molar-refractivity contribution in [2.45, 2.75) is 0 Å². The topological polar surface area (TPSA) is 117 Å². The van der Waals surface area contributed by atoms with E-state index in [2.05, 4.69) is 36.9 Å². The average molecular weight is 426 g/mol. The molecule has 0 radical (unpaired) electrons. The molecule has 2 heterocycles. The molecule has 30 heavy (non-hydrogen) atoms. The minimum atomic E-state index is -0.0937. The number of rotatable bonds is 5. The van der Waals surface area contributed by atoms with Crippen LogP contribution in [0.15, 0.2) is 47.5 Å². The first-order valence-electron chi connectivity index (χ1n) is 9.79. The number of benzene rings is 2. The van der Waals surface area contributed by atoms with Crippen LogP contribution in [0.2, 0.25) is 5.02 Å². The second-order valence-corrected chi connectivity index (χ2v) is 7.61. The Labute approximate surface area is 179 Å².